The van der Waals surface area contributed by atoms with Gasteiger partial charge >= 0.3 is 0 Å². The minimum absolute atomic E-state index is 0.224. The Bertz CT molecular complexity index is 450. The first-order valence-electron chi connectivity index (χ1n) is 7.10. The normalized spacial score (nSPS) is 19.2. The number of nitrogens with zero attached hydrogens (tertiary/aromatic N) is 1. The molecule has 1 unspecified atom stereocenters. The molecule has 1 aromatic carbocycles. The second-order valence-electron chi connectivity index (χ2n) is 5.61. The molecule has 1 saturated heterocycles. The van der Waals surface area contributed by atoms with E-state index in [1.807, 2.05) is 11.9 Å². The summed E-state index contributed by atoms with van der Waals surface area (Å²) in [5.74, 6) is 0.224. The van der Waals surface area contributed by atoms with Crippen molar-refractivity contribution in [3.63, 3.8) is 0 Å². The van der Waals surface area contributed by atoms with Gasteiger partial charge in [0.05, 0.1) is 6.42 Å². The third-order valence-corrected chi connectivity index (χ3v) is 4.06. The van der Waals surface area contributed by atoms with Gasteiger partial charge in [-0.3, -0.25) is 4.79 Å². The van der Waals surface area contributed by atoms with E-state index >= 15 is 0 Å². The maximum atomic E-state index is 12.4. The fourth-order valence-electron chi connectivity index (χ4n) is 2.65. The van der Waals surface area contributed by atoms with E-state index in [4.69, 9.17) is 0 Å². The number of rotatable bonds is 3. The first-order valence-corrected chi connectivity index (χ1v) is 7.10. The molecule has 0 aromatic heterocycles. The Morgan fingerprint density at radius 3 is 2.89 bits per heavy atom. The molecular weight excluding hydrogens is 236 g/mol. The minimum Gasteiger partial charge on any atom is -0.341 e. The Morgan fingerprint density at radius 2 is 2.21 bits per heavy atom. The average molecular weight is 260 g/mol. The minimum atomic E-state index is 0.224. The van der Waals surface area contributed by atoms with Crippen LogP contribution >= 0.6 is 0 Å². The largest absolute Gasteiger partial charge is 0.341 e. The van der Waals surface area contributed by atoms with E-state index in [-0.39, 0.29) is 5.91 Å². The predicted octanol–water partition coefficient (Wildman–Crippen LogP) is 2.06. The van der Waals surface area contributed by atoms with Gasteiger partial charge in [0.15, 0.2) is 0 Å². The van der Waals surface area contributed by atoms with Gasteiger partial charge in [-0.15, -0.1) is 0 Å². The number of likely N-dealkylation sites (N-methyl/N-ethyl adjacent to an activating group) is 1. The van der Waals surface area contributed by atoms with Gasteiger partial charge in [-0.2, -0.15) is 0 Å². The van der Waals surface area contributed by atoms with Gasteiger partial charge < -0.3 is 10.2 Å². The molecule has 1 aliphatic heterocycles. The second-order valence-corrected chi connectivity index (χ2v) is 5.61. The molecule has 2 rings (SSSR count). The molecule has 1 atom stereocenters. The van der Waals surface area contributed by atoms with Crippen LogP contribution in [0, 0.1) is 13.8 Å². The molecule has 1 fully saturated rings. The molecule has 0 bridgehead atoms. The summed E-state index contributed by atoms with van der Waals surface area (Å²) in [7, 11) is 1.94. The molecule has 104 valence electrons. The molecule has 1 heterocycles. The first kappa shape index (κ1) is 14.1. The summed E-state index contributed by atoms with van der Waals surface area (Å²) in [6, 6.07) is 6.67. The van der Waals surface area contributed by atoms with Crippen molar-refractivity contribution in [2.24, 2.45) is 0 Å². The van der Waals surface area contributed by atoms with Crippen LogP contribution in [0.15, 0.2) is 18.2 Å². The zero-order valence-electron chi connectivity index (χ0n) is 12.2. The molecular formula is C16H24N2O. The van der Waals surface area contributed by atoms with Crippen molar-refractivity contribution in [3.05, 3.63) is 34.9 Å². The van der Waals surface area contributed by atoms with Gasteiger partial charge in [0.1, 0.15) is 0 Å². The highest BCUT2D eigenvalue weighted by molar-refractivity contribution is 5.79. The van der Waals surface area contributed by atoms with Crippen LogP contribution < -0.4 is 5.32 Å². The average Bonchev–Trinajstić information content (AvgIpc) is 2.43. The molecule has 19 heavy (non-hydrogen) atoms. The van der Waals surface area contributed by atoms with Crippen molar-refractivity contribution in [1.82, 2.24) is 10.2 Å². The third kappa shape index (κ3) is 3.57. The van der Waals surface area contributed by atoms with Crippen LogP contribution in [0.2, 0.25) is 0 Å². The smallest absolute Gasteiger partial charge is 0.227 e. The van der Waals surface area contributed by atoms with Gasteiger partial charge in [0.25, 0.3) is 0 Å². The highest BCUT2D eigenvalue weighted by atomic mass is 16.2. The topological polar surface area (TPSA) is 32.3 Å². The number of hydrogen-bond donors (Lipinski definition) is 1. The lowest BCUT2D eigenvalue weighted by molar-refractivity contribution is -0.131. The number of hydrogen-bond acceptors (Lipinski definition) is 2. The fraction of sp³-hybridized carbons (Fsp3) is 0.562. The van der Waals surface area contributed by atoms with Gasteiger partial charge in [-0.25, -0.2) is 0 Å². The first-order chi connectivity index (χ1) is 9.08. The molecule has 1 amide bonds. The highest BCUT2D eigenvalue weighted by Crippen LogP contribution is 2.14. The molecule has 0 spiro atoms. The summed E-state index contributed by atoms with van der Waals surface area (Å²) in [4.78, 5) is 14.3. The standard InChI is InChI=1S/C16H24N2O/c1-12-6-7-13(2)14(9-12)10-16(19)18(3)15-5-4-8-17-11-15/h6-7,9,15,17H,4-5,8,10-11H2,1-3H3. The van der Waals surface area contributed by atoms with Crippen molar-refractivity contribution in [2.75, 3.05) is 20.1 Å². The molecule has 0 radical (unpaired) electrons. The van der Waals surface area contributed by atoms with Gasteiger partial charge in [-0.05, 0) is 44.4 Å². The Kier molecular flexibility index (Phi) is 4.59. The fourth-order valence-corrected chi connectivity index (χ4v) is 2.65. The van der Waals surface area contributed by atoms with Crippen LogP contribution in [0.1, 0.15) is 29.5 Å². The molecule has 1 aliphatic rings. The van der Waals surface area contributed by atoms with E-state index in [1.165, 1.54) is 11.1 Å². The Hall–Kier alpha value is -1.35. The summed E-state index contributed by atoms with van der Waals surface area (Å²) < 4.78 is 0. The van der Waals surface area contributed by atoms with Crippen LogP contribution in [0.25, 0.3) is 0 Å². The SMILES string of the molecule is Cc1ccc(C)c(CC(=O)N(C)C2CCCNC2)c1. The lowest BCUT2D eigenvalue weighted by Crippen LogP contribution is -2.47. The van der Waals surface area contributed by atoms with E-state index in [0.29, 0.717) is 12.5 Å². The Morgan fingerprint density at radius 1 is 1.42 bits per heavy atom. The summed E-state index contributed by atoms with van der Waals surface area (Å²) >= 11 is 0. The summed E-state index contributed by atoms with van der Waals surface area (Å²) in [6.45, 7) is 6.15. The number of nitrogens with one attached hydrogen (secondary N) is 1. The van der Waals surface area contributed by atoms with Crippen molar-refractivity contribution >= 4 is 5.91 Å². The molecule has 1 N–H and O–H groups in total. The van der Waals surface area contributed by atoms with Gasteiger partial charge in [0.2, 0.25) is 5.91 Å². The maximum Gasteiger partial charge on any atom is 0.227 e. The molecule has 1 aromatic rings. The zero-order chi connectivity index (χ0) is 13.8. The maximum absolute atomic E-state index is 12.4. The molecule has 3 nitrogen and oxygen atoms in total. The number of benzene rings is 1. The number of piperidine rings is 1. The molecule has 0 aliphatic carbocycles. The summed E-state index contributed by atoms with van der Waals surface area (Å²) in [5, 5.41) is 3.36. The second kappa shape index (κ2) is 6.20. The Labute approximate surface area is 116 Å². The van der Waals surface area contributed by atoms with Crippen molar-refractivity contribution in [1.29, 1.82) is 0 Å². The van der Waals surface area contributed by atoms with Crippen LogP contribution in [0.4, 0.5) is 0 Å². The number of amides is 1. The van der Waals surface area contributed by atoms with Gasteiger partial charge in [0, 0.05) is 19.6 Å². The lowest BCUT2D eigenvalue weighted by Gasteiger charge is -2.32. The van der Waals surface area contributed by atoms with Crippen LogP contribution in [-0.2, 0) is 11.2 Å². The van der Waals surface area contributed by atoms with Crippen molar-refractivity contribution in [3.8, 4) is 0 Å². The van der Waals surface area contributed by atoms with E-state index in [1.54, 1.807) is 0 Å². The van der Waals surface area contributed by atoms with Crippen LogP contribution in [0.3, 0.4) is 0 Å². The van der Waals surface area contributed by atoms with Crippen molar-refractivity contribution < 1.29 is 4.79 Å². The van der Waals surface area contributed by atoms with Crippen molar-refractivity contribution in [2.45, 2.75) is 39.2 Å². The number of carbonyl (C=O) groups excluding carboxylic acids is 1. The van der Waals surface area contributed by atoms with Gasteiger partial charge in [-0.1, -0.05) is 23.8 Å². The quantitative estimate of drug-likeness (QED) is 0.902. The predicted molar refractivity (Wildman–Crippen MR) is 78.3 cm³/mol. The monoisotopic (exact) mass is 260 g/mol. The van der Waals surface area contributed by atoms with Crippen LogP contribution in [-0.4, -0.2) is 37.0 Å². The highest BCUT2D eigenvalue weighted by Gasteiger charge is 2.22. The van der Waals surface area contributed by atoms with E-state index in [0.717, 1.165) is 31.5 Å². The molecule has 3 heteroatoms. The van der Waals surface area contributed by atoms with E-state index in [9.17, 15) is 4.79 Å². The zero-order valence-corrected chi connectivity index (χ0v) is 12.2. The number of aryl methyl sites for hydroxylation is 2. The molecule has 0 saturated carbocycles. The van der Waals surface area contributed by atoms with Crippen LogP contribution in [0.5, 0.6) is 0 Å². The number of carbonyl (C=O) groups is 1. The van der Waals surface area contributed by atoms with E-state index in [2.05, 4.69) is 37.4 Å². The van der Waals surface area contributed by atoms with E-state index < -0.39 is 0 Å². The Balaban J connectivity index is 2.01. The third-order valence-electron chi connectivity index (χ3n) is 4.06. The summed E-state index contributed by atoms with van der Waals surface area (Å²) in [5.41, 5.74) is 3.57. The lowest BCUT2D eigenvalue weighted by atomic mass is 10.0. The summed E-state index contributed by atoms with van der Waals surface area (Å²) in [6.07, 6.45) is 2.79.